The van der Waals surface area contributed by atoms with Crippen LogP contribution in [0.5, 0.6) is 0 Å². The number of ether oxygens (including phenoxy) is 1. The van der Waals surface area contributed by atoms with Gasteiger partial charge in [-0.1, -0.05) is 23.2 Å². The van der Waals surface area contributed by atoms with Gasteiger partial charge in [-0.25, -0.2) is 4.79 Å². The molecule has 0 aliphatic heterocycles. The average Bonchev–Trinajstić information content (AvgIpc) is 2.33. The lowest BCUT2D eigenvalue weighted by molar-refractivity contribution is -0.122. The van der Waals surface area contributed by atoms with E-state index >= 15 is 0 Å². The van der Waals surface area contributed by atoms with E-state index < -0.39 is 11.9 Å². The highest BCUT2D eigenvalue weighted by atomic mass is 35.5. The minimum Gasteiger partial charge on any atom is -0.370 e. The Morgan fingerprint density at radius 3 is 2.63 bits per heavy atom. The van der Waals surface area contributed by atoms with Gasteiger partial charge < -0.3 is 21.1 Å². The fourth-order valence-corrected chi connectivity index (χ4v) is 1.46. The molecule has 0 aliphatic rings. The lowest BCUT2D eigenvalue weighted by atomic mass is 10.3. The van der Waals surface area contributed by atoms with Crippen molar-refractivity contribution < 1.29 is 14.3 Å². The molecule has 0 unspecified atom stereocenters. The number of amides is 3. The number of primary amides is 1. The summed E-state index contributed by atoms with van der Waals surface area (Å²) in [4.78, 5) is 21.8. The molecule has 104 valence electrons. The van der Waals surface area contributed by atoms with E-state index in [9.17, 15) is 9.59 Å². The monoisotopic (exact) mass is 305 g/mol. The maximum Gasteiger partial charge on any atom is 0.319 e. The summed E-state index contributed by atoms with van der Waals surface area (Å²) in [5, 5.41) is 5.87. The van der Waals surface area contributed by atoms with Gasteiger partial charge in [-0.05, 0) is 18.2 Å². The van der Waals surface area contributed by atoms with Crippen LogP contribution in [0.3, 0.4) is 0 Å². The summed E-state index contributed by atoms with van der Waals surface area (Å²) >= 11 is 11.6. The van der Waals surface area contributed by atoms with Crippen LogP contribution in [-0.4, -0.2) is 31.7 Å². The number of urea groups is 1. The summed E-state index contributed by atoms with van der Waals surface area (Å²) < 4.78 is 4.87. The zero-order valence-corrected chi connectivity index (χ0v) is 11.4. The molecule has 1 rings (SSSR count). The van der Waals surface area contributed by atoms with Gasteiger partial charge in [0.25, 0.3) is 0 Å². The summed E-state index contributed by atoms with van der Waals surface area (Å²) in [6, 6.07) is 4.32. The molecular formula is C11H13Cl2N3O3. The van der Waals surface area contributed by atoms with Crippen LogP contribution in [0.1, 0.15) is 0 Å². The third kappa shape index (κ3) is 6.28. The molecule has 1 aromatic rings. The maximum atomic E-state index is 11.5. The van der Waals surface area contributed by atoms with Crippen LogP contribution in [0.2, 0.25) is 10.0 Å². The van der Waals surface area contributed by atoms with Crippen molar-refractivity contribution in [3.63, 3.8) is 0 Å². The summed E-state index contributed by atoms with van der Waals surface area (Å²) in [5.74, 6) is -0.555. The number of anilines is 1. The lowest BCUT2D eigenvalue weighted by Crippen LogP contribution is -2.32. The van der Waals surface area contributed by atoms with Crippen LogP contribution in [0.25, 0.3) is 0 Å². The molecule has 0 saturated heterocycles. The van der Waals surface area contributed by atoms with Crippen molar-refractivity contribution in [3.05, 3.63) is 28.2 Å². The highest BCUT2D eigenvalue weighted by molar-refractivity contribution is 6.42. The normalized spacial score (nSPS) is 10.0. The van der Waals surface area contributed by atoms with E-state index in [1.54, 1.807) is 12.1 Å². The van der Waals surface area contributed by atoms with Crippen LogP contribution in [-0.2, 0) is 9.53 Å². The van der Waals surface area contributed by atoms with Crippen molar-refractivity contribution >= 4 is 40.8 Å². The average molecular weight is 306 g/mol. The minimum absolute atomic E-state index is 0.171. The van der Waals surface area contributed by atoms with E-state index in [2.05, 4.69) is 10.6 Å². The fourth-order valence-electron chi connectivity index (χ4n) is 1.16. The van der Waals surface area contributed by atoms with Gasteiger partial charge in [0, 0.05) is 12.2 Å². The van der Waals surface area contributed by atoms with Crippen molar-refractivity contribution in [1.82, 2.24) is 5.32 Å². The Balaban J connectivity index is 2.27. The molecule has 0 aromatic heterocycles. The van der Waals surface area contributed by atoms with E-state index in [0.717, 1.165) is 0 Å². The Morgan fingerprint density at radius 2 is 2.00 bits per heavy atom. The topological polar surface area (TPSA) is 93.5 Å². The molecule has 0 spiro atoms. The van der Waals surface area contributed by atoms with E-state index in [1.165, 1.54) is 6.07 Å². The lowest BCUT2D eigenvalue weighted by Gasteiger charge is -2.08. The molecule has 0 aliphatic carbocycles. The van der Waals surface area contributed by atoms with Gasteiger partial charge in [0.15, 0.2) is 0 Å². The molecule has 4 N–H and O–H groups in total. The quantitative estimate of drug-likeness (QED) is 0.697. The predicted octanol–water partition coefficient (Wildman–Crippen LogP) is 1.62. The van der Waals surface area contributed by atoms with E-state index in [-0.39, 0.29) is 19.8 Å². The van der Waals surface area contributed by atoms with E-state index in [0.29, 0.717) is 15.7 Å². The van der Waals surface area contributed by atoms with Crippen LogP contribution < -0.4 is 16.4 Å². The Bertz CT molecular complexity index is 468. The number of hydrogen-bond donors (Lipinski definition) is 3. The molecular weight excluding hydrogens is 293 g/mol. The smallest absolute Gasteiger partial charge is 0.319 e. The second-order valence-electron chi connectivity index (χ2n) is 3.53. The molecule has 0 radical (unpaired) electrons. The van der Waals surface area contributed by atoms with E-state index in [4.69, 9.17) is 33.7 Å². The first-order valence-corrected chi connectivity index (χ1v) is 6.10. The molecule has 0 atom stereocenters. The van der Waals surface area contributed by atoms with Gasteiger partial charge in [-0.3, -0.25) is 4.79 Å². The number of rotatable bonds is 6. The van der Waals surface area contributed by atoms with Crippen molar-refractivity contribution in [1.29, 1.82) is 0 Å². The predicted molar refractivity (Wildman–Crippen MR) is 73.5 cm³/mol. The zero-order chi connectivity index (χ0) is 14.3. The summed E-state index contributed by atoms with van der Waals surface area (Å²) in [6.07, 6.45) is 0. The third-order valence-electron chi connectivity index (χ3n) is 1.95. The fraction of sp³-hybridized carbons (Fsp3) is 0.273. The Hall–Kier alpha value is -1.50. The molecule has 0 fully saturated rings. The van der Waals surface area contributed by atoms with E-state index in [1.807, 2.05) is 0 Å². The van der Waals surface area contributed by atoms with Crippen molar-refractivity contribution in [2.75, 3.05) is 25.1 Å². The third-order valence-corrected chi connectivity index (χ3v) is 2.69. The number of carbonyl (C=O) groups is 2. The van der Waals surface area contributed by atoms with Crippen LogP contribution in [0.4, 0.5) is 10.5 Å². The zero-order valence-electron chi connectivity index (χ0n) is 9.91. The number of benzene rings is 1. The molecule has 6 nitrogen and oxygen atoms in total. The highest BCUT2D eigenvalue weighted by Crippen LogP contribution is 2.24. The van der Waals surface area contributed by atoms with Gasteiger partial charge in [0.05, 0.1) is 16.7 Å². The summed E-state index contributed by atoms with van der Waals surface area (Å²) in [6.45, 7) is 0.272. The van der Waals surface area contributed by atoms with Crippen LogP contribution >= 0.6 is 23.2 Å². The van der Waals surface area contributed by atoms with Crippen molar-refractivity contribution in [2.45, 2.75) is 0 Å². The SMILES string of the molecule is NC(=O)COCCNC(=O)Nc1ccc(Cl)c(Cl)c1. The summed E-state index contributed by atoms with van der Waals surface area (Å²) in [7, 11) is 0. The highest BCUT2D eigenvalue weighted by Gasteiger charge is 2.03. The van der Waals surface area contributed by atoms with Crippen LogP contribution in [0.15, 0.2) is 18.2 Å². The number of carbonyl (C=O) groups excluding carboxylic acids is 2. The van der Waals surface area contributed by atoms with Crippen molar-refractivity contribution in [2.24, 2.45) is 5.73 Å². The number of nitrogens with one attached hydrogen (secondary N) is 2. The first kappa shape index (κ1) is 15.6. The number of halogens is 2. The summed E-state index contributed by atoms with van der Waals surface area (Å²) in [5.41, 5.74) is 5.39. The second-order valence-corrected chi connectivity index (χ2v) is 4.34. The maximum absolute atomic E-state index is 11.5. The van der Waals surface area contributed by atoms with Crippen molar-refractivity contribution in [3.8, 4) is 0 Å². The van der Waals surface area contributed by atoms with Gasteiger partial charge in [-0.15, -0.1) is 0 Å². The number of hydrogen-bond acceptors (Lipinski definition) is 3. The van der Waals surface area contributed by atoms with Gasteiger partial charge in [-0.2, -0.15) is 0 Å². The Labute approximate surface area is 120 Å². The van der Waals surface area contributed by atoms with Gasteiger partial charge in [0.1, 0.15) is 6.61 Å². The molecule has 3 amide bonds. The second kappa shape index (κ2) is 7.83. The Morgan fingerprint density at radius 1 is 1.26 bits per heavy atom. The first-order valence-electron chi connectivity index (χ1n) is 5.35. The molecule has 19 heavy (non-hydrogen) atoms. The molecule has 0 bridgehead atoms. The standard InChI is InChI=1S/C11H13Cl2N3O3/c12-8-2-1-7(5-9(8)13)16-11(18)15-3-4-19-6-10(14)17/h1-2,5H,3-4,6H2,(H2,14,17)(H2,15,16,18). The van der Waals surface area contributed by atoms with Gasteiger partial charge in [0.2, 0.25) is 5.91 Å². The number of nitrogens with two attached hydrogens (primary N) is 1. The van der Waals surface area contributed by atoms with Gasteiger partial charge >= 0.3 is 6.03 Å². The minimum atomic E-state index is -0.555. The Kier molecular flexibility index (Phi) is 6.41. The molecule has 0 saturated carbocycles. The first-order chi connectivity index (χ1) is 8.99. The molecule has 8 heteroatoms. The molecule has 1 aromatic carbocycles. The van der Waals surface area contributed by atoms with Crippen LogP contribution in [0, 0.1) is 0 Å². The molecule has 0 heterocycles. The largest absolute Gasteiger partial charge is 0.370 e.